The van der Waals surface area contributed by atoms with Gasteiger partial charge in [0.15, 0.2) is 0 Å². The molecule has 1 N–H and O–H groups in total. The third-order valence-corrected chi connectivity index (χ3v) is 1.22. The molecule has 4 nitrogen and oxygen atoms in total. The fourth-order valence-corrected chi connectivity index (χ4v) is 0.690. The van der Waals surface area contributed by atoms with Crippen LogP contribution in [0.5, 0.6) is 0 Å². The minimum Gasteiger partial charge on any atom is -0.335 e. The first-order chi connectivity index (χ1) is 5.25. The molecule has 1 saturated heterocycles. The second kappa shape index (κ2) is 3.18. The molecule has 1 amide bonds. The number of carbonyl (C=O) groups is 2. The van der Waals surface area contributed by atoms with E-state index in [0.717, 1.165) is 6.42 Å². The lowest BCUT2D eigenvalue weighted by molar-refractivity contribution is -0.143. The van der Waals surface area contributed by atoms with Gasteiger partial charge in [-0.2, -0.15) is 5.48 Å². The van der Waals surface area contributed by atoms with Gasteiger partial charge in [-0.05, 0) is 12.5 Å². The maximum Gasteiger partial charge on any atom is 0.368 e. The van der Waals surface area contributed by atoms with Crippen LogP contribution < -0.4 is 5.48 Å². The van der Waals surface area contributed by atoms with E-state index in [-0.39, 0.29) is 5.57 Å². The van der Waals surface area contributed by atoms with E-state index in [1.54, 1.807) is 0 Å². The molecule has 11 heavy (non-hydrogen) atoms. The van der Waals surface area contributed by atoms with Crippen molar-refractivity contribution in [3.05, 3.63) is 11.6 Å². The van der Waals surface area contributed by atoms with Crippen LogP contribution in [0.3, 0.4) is 0 Å². The van der Waals surface area contributed by atoms with Gasteiger partial charge in [0, 0.05) is 0 Å². The molecule has 0 spiro atoms. The van der Waals surface area contributed by atoms with E-state index in [2.05, 4.69) is 10.9 Å². The topological polar surface area (TPSA) is 55.4 Å². The molecule has 0 bridgehead atoms. The molecule has 0 aromatic carbocycles. The van der Waals surface area contributed by atoms with Gasteiger partial charge >= 0.3 is 5.97 Å². The minimum atomic E-state index is -0.636. The predicted octanol–water partition coefficient (Wildman–Crippen LogP) is 0.104. The molecule has 0 unspecified atom stereocenters. The third kappa shape index (κ3) is 1.58. The van der Waals surface area contributed by atoms with E-state index in [1.807, 2.05) is 12.4 Å². The molecular formula is C7H8NO3. The zero-order valence-corrected chi connectivity index (χ0v) is 6.14. The molecule has 1 radical (unpaired) electrons. The quantitative estimate of drug-likeness (QED) is 0.453. The van der Waals surface area contributed by atoms with Crippen molar-refractivity contribution in [2.45, 2.75) is 19.8 Å². The highest BCUT2D eigenvalue weighted by Crippen LogP contribution is 2.05. The lowest BCUT2D eigenvalue weighted by Crippen LogP contribution is -2.12. The Morgan fingerprint density at radius 1 is 1.55 bits per heavy atom. The minimum absolute atomic E-state index is 0.00755. The smallest absolute Gasteiger partial charge is 0.335 e. The van der Waals surface area contributed by atoms with E-state index in [4.69, 9.17) is 0 Å². The molecule has 1 fully saturated rings. The number of hydrogen-bond acceptors (Lipinski definition) is 3. The number of hydrogen-bond donors (Lipinski definition) is 1. The van der Waals surface area contributed by atoms with E-state index in [1.165, 1.54) is 0 Å². The molecular weight excluding hydrogens is 146 g/mol. The molecule has 1 heterocycles. The van der Waals surface area contributed by atoms with E-state index >= 15 is 0 Å². The Morgan fingerprint density at radius 3 is 2.73 bits per heavy atom. The Kier molecular flexibility index (Phi) is 2.25. The summed E-state index contributed by atoms with van der Waals surface area (Å²) in [5, 5.41) is 0. The monoisotopic (exact) mass is 154 g/mol. The average Bonchev–Trinajstić information content (AvgIpc) is 2.29. The predicted molar refractivity (Wildman–Crippen MR) is 35.9 cm³/mol. The van der Waals surface area contributed by atoms with Crippen molar-refractivity contribution in [3.8, 4) is 0 Å². The SMILES string of the molecule is CCC/[C]=C1/C(=O)NOC1=O. The van der Waals surface area contributed by atoms with Gasteiger partial charge in [0.05, 0.1) is 0 Å². The van der Waals surface area contributed by atoms with Gasteiger partial charge in [-0.15, -0.1) is 0 Å². The summed E-state index contributed by atoms with van der Waals surface area (Å²) in [4.78, 5) is 25.7. The van der Waals surface area contributed by atoms with E-state index in [0.29, 0.717) is 6.42 Å². The molecule has 1 rings (SSSR count). The Hall–Kier alpha value is -1.32. The largest absolute Gasteiger partial charge is 0.368 e. The number of nitrogens with one attached hydrogen (secondary N) is 1. The van der Waals surface area contributed by atoms with Gasteiger partial charge in [0.25, 0.3) is 5.91 Å². The number of allylic oxidation sites excluding steroid dienone is 1. The highest BCUT2D eigenvalue weighted by Gasteiger charge is 2.27. The summed E-state index contributed by atoms with van der Waals surface area (Å²) in [7, 11) is 0. The third-order valence-electron chi connectivity index (χ3n) is 1.22. The molecule has 0 aliphatic carbocycles. The lowest BCUT2D eigenvalue weighted by atomic mass is 10.2. The van der Waals surface area contributed by atoms with Crippen molar-refractivity contribution in [1.29, 1.82) is 0 Å². The number of carbonyl (C=O) groups excluding carboxylic acids is 2. The maximum absolute atomic E-state index is 10.7. The van der Waals surface area contributed by atoms with Gasteiger partial charge in [0.2, 0.25) is 0 Å². The van der Waals surface area contributed by atoms with Crippen LogP contribution >= 0.6 is 0 Å². The van der Waals surface area contributed by atoms with Gasteiger partial charge in [0.1, 0.15) is 5.57 Å². The van der Waals surface area contributed by atoms with Crippen molar-refractivity contribution in [2.75, 3.05) is 0 Å². The Balaban J connectivity index is 2.68. The zero-order valence-electron chi connectivity index (χ0n) is 6.14. The highest BCUT2D eigenvalue weighted by atomic mass is 16.7. The van der Waals surface area contributed by atoms with E-state index in [9.17, 15) is 9.59 Å². The normalized spacial score (nSPS) is 20.3. The average molecular weight is 154 g/mol. The maximum atomic E-state index is 10.7. The molecule has 0 aromatic heterocycles. The Bertz CT molecular complexity index is 202. The molecule has 0 atom stereocenters. The fourth-order valence-electron chi connectivity index (χ4n) is 0.690. The van der Waals surface area contributed by atoms with Gasteiger partial charge in [-0.1, -0.05) is 13.3 Å². The molecule has 4 heteroatoms. The van der Waals surface area contributed by atoms with Gasteiger partial charge in [-0.3, -0.25) is 4.79 Å². The summed E-state index contributed by atoms with van der Waals surface area (Å²) in [5.41, 5.74) is 1.93. The fraction of sp³-hybridized carbons (Fsp3) is 0.429. The van der Waals surface area contributed by atoms with Crippen molar-refractivity contribution >= 4 is 11.9 Å². The van der Waals surface area contributed by atoms with Crippen LogP contribution in [0.4, 0.5) is 0 Å². The first-order valence-electron chi connectivity index (χ1n) is 3.38. The number of hydroxylamine groups is 1. The zero-order chi connectivity index (χ0) is 8.27. The Labute approximate surface area is 64.2 Å². The molecule has 1 aliphatic heterocycles. The summed E-state index contributed by atoms with van der Waals surface area (Å²) < 4.78 is 0. The standard InChI is InChI=1S/C7H8NO3/c1-2-3-4-5-6(9)8-11-7(5)10/h2-3H2,1H3,(H,8,9). The van der Waals surface area contributed by atoms with E-state index < -0.39 is 11.9 Å². The molecule has 0 saturated carbocycles. The van der Waals surface area contributed by atoms with Crippen molar-refractivity contribution in [2.24, 2.45) is 0 Å². The van der Waals surface area contributed by atoms with Crippen molar-refractivity contribution in [1.82, 2.24) is 5.48 Å². The van der Waals surface area contributed by atoms with Gasteiger partial charge < -0.3 is 4.84 Å². The summed E-state index contributed by atoms with van der Waals surface area (Å²) in [6.07, 6.45) is 4.11. The second-order valence-corrected chi connectivity index (χ2v) is 2.12. The molecule has 59 valence electrons. The number of unbranched alkanes of at least 4 members (excludes halogenated alkanes) is 1. The van der Waals surface area contributed by atoms with Crippen LogP contribution in [0, 0.1) is 6.08 Å². The number of amides is 1. The number of rotatable bonds is 2. The van der Waals surface area contributed by atoms with Crippen LogP contribution in [-0.4, -0.2) is 11.9 Å². The highest BCUT2D eigenvalue weighted by molar-refractivity contribution is 6.18. The van der Waals surface area contributed by atoms with Crippen LogP contribution in [-0.2, 0) is 14.4 Å². The van der Waals surface area contributed by atoms with Crippen LogP contribution in [0.15, 0.2) is 5.57 Å². The summed E-state index contributed by atoms with van der Waals surface area (Å²) in [5.74, 6) is -1.13. The Morgan fingerprint density at radius 2 is 2.27 bits per heavy atom. The van der Waals surface area contributed by atoms with Crippen molar-refractivity contribution in [3.63, 3.8) is 0 Å². The second-order valence-electron chi connectivity index (χ2n) is 2.12. The van der Waals surface area contributed by atoms with Crippen molar-refractivity contribution < 1.29 is 14.4 Å². The first-order valence-corrected chi connectivity index (χ1v) is 3.38. The molecule has 1 aliphatic rings. The summed E-state index contributed by atoms with van der Waals surface area (Å²) >= 11 is 0. The summed E-state index contributed by atoms with van der Waals surface area (Å²) in [6, 6.07) is 0. The van der Waals surface area contributed by atoms with Crippen LogP contribution in [0.25, 0.3) is 0 Å². The summed E-state index contributed by atoms with van der Waals surface area (Å²) in [6.45, 7) is 1.94. The first kappa shape index (κ1) is 7.78. The molecule has 0 aromatic rings. The van der Waals surface area contributed by atoms with Crippen LogP contribution in [0.2, 0.25) is 0 Å². The van der Waals surface area contributed by atoms with Crippen LogP contribution in [0.1, 0.15) is 19.8 Å². The lowest BCUT2D eigenvalue weighted by Gasteiger charge is -1.84. The van der Waals surface area contributed by atoms with Gasteiger partial charge in [-0.25, -0.2) is 4.79 Å².